The van der Waals surface area contributed by atoms with Gasteiger partial charge in [-0.05, 0) is 35.1 Å². The van der Waals surface area contributed by atoms with E-state index in [1.807, 2.05) is 41.5 Å². The SMILES string of the molecule is CC(C)(C)c1cc(C(=O)Cn2ccn(S(=O)(=O)c3ccccc3)c2=N)cc(C(C)(C)C)c1O.Cl. The summed E-state index contributed by atoms with van der Waals surface area (Å²) in [6, 6.07) is 11.2. The molecule has 34 heavy (non-hydrogen) atoms. The van der Waals surface area contributed by atoms with Crippen molar-refractivity contribution >= 4 is 28.2 Å². The highest BCUT2D eigenvalue weighted by molar-refractivity contribution is 7.90. The van der Waals surface area contributed by atoms with Gasteiger partial charge in [-0.15, -0.1) is 12.4 Å². The number of nitrogens with one attached hydrogen (secondary N) is 1. The van der Waals surface area contributed by atoms with E-state index in [0.29, 0.717) is 16.7 Å². The number of aromatic nitrogens is 2. The average Bonchev–Trinajstić information content (AvgIpc) is 3.08. The molecule has 3 aromatic rings. The van der Waals surface area contributed by atoms with E-state index in [2.05, 4.69) is 0 Å². The molecule has 0 aliphatic heterocycles. The first kappa shape index (κ1) is 27.4. The summed E-state index contributed by atoms with van der Waals surface area (Å²) in [7, 11) is -3.94. The van der Waals surface area contributed by atoms with E-state index >= 15 is 0 Å². The lowest BCUT2D eigenvalue weighted by molar-refractivity contribution is 0.0970. The third-order valence-electron chi connectivity index (χ3n) is 5.52. The Morgan fingerprint density at radius 2 is 1.44 bits per heavy atom. The Kier molecular flexibility index (Phi) is 7.60. The lowest BCUT2D eigenvalue weighted by atomic mass is 9.78. The van der Waals surface area contributed by atoms with Gasteiger partial charge in [0.25, 0.3) is 10.0 Å². The summed E-state index contributed by atoms with van der Waals surface area (Å²) in [4.78, 5) is 13.3. The van der Waals surface area contributed by atoms with Crippen LogP contribution in [-0.4, -0.2) is 27.8 Å². The number of carbonyl (C=O) groups is 1. The Morgan fingerprint density at radius 3 is 1.91 bits per heavy atom. The van der Waals surface area contributed by atoms with Gasteiger partial charge in [0.2, 0.25) is 5.62 Å². The molecule has 1 aromatic heterocycles. The first-order chi connectivity index (χ1) is 15.1. The molecule has 0 spiro atoms. The summed E-state index contributed by atoms with van der Waals surface area (Å²) >= 11 is 0. The number of benzene rings is 2. The first-order valence-electron chi connectivity index (χ1n) is 10.7. The molecule has 0 saturated heterocycles. The predicted molar refractivity (Wildman–Crippen MR) is 134 cm³/mol. The van der Waals surface area contributed by atoms with Crippen LogP contribution in [0.4, 0.5) is 0 Å². The van der Waals surface area contributed by atoms with Crippen LogP contribution < -0.4 is 5.62 Å². The van der Waals surface area contributed by atoms with Crippen LogP contribution in [-0.2, 0) is 27.4 Å². The molecule has 0 aliphatic carbocycles. The smallest absolute Gasteiger partial charge is 0.270 e. The molecular weight excluding hydrogens is 474 g/mol. The molecule has 0 aliphatic rings. The third kappa shape index (κ3) is 5.28. The fourth-order valence-electron chi connectivity index (χ4n) is 3.62. The van der Waals surface area contributed by atoms with Crippen molar-refractivity contribution in [1.82, 2.24) is 8.54 Å². The van der Waals surface area contributed by atoms with Crippen LogP contribution >= 0.6 is 12.4 Å². The molecule has 0 amide bonds. The van der Waals surface area contributed by atoms with Gasteiger partial charge in [-0.3, -0.25) is 10.2 Å². The minimum Gasteiger partial charge on any atom is -0.507 e. The van der Waals surface area contributed by atoms with E-state index < -0.39 is 10.0 Å². The zero-order chi connectivity index (χ0) is 24.8. The number of Topliss-reactive ketones (excluding diaryl/α,β-unsaturated/α-hetero) is 1. The second kappa shape index (κ2) is 9.43. The van der Waals surface area contributed by atoms with E-state index in [0.717, 1.165) is 3.97 Å². The summed E-state index contributed by atoms with van der Waals surface area (Å²) < 4.78 is 27.9. The molecule has 0 bridgehead atoms. The van der Waals surface area contributed by atoms with Gasteiger partial charge < -0.3 is 9.67 Å². The number of aromatic hydroxyl groups is 1. The summed E-state index contributed by atoms with van der Waals surface area (Å²) in [6.45, 7) is 11.6. The topological polar surface area (TPSA) is 105 Å². The molecule has 3 rings (SSSR count). The monoisotopic (exact) mass is 505 g/mol. The normalized spacial score (nSPS) is 12.3. The average molecular weight is 506 g/mol. The van der Waals surface area contributed by atoms with Crippen LogP contribution in [0, 0.1) is 5.41 Å². The maximum Gasteiger partial charge on any atom is 0.270 e. The van der Waals surface area contributed by atoms with E-state index in [1.165, 1.54) is 29.1 Å². The lowest BCUT2D eigenvalue weighted by Gasteiger charge is -2.28. The molecule has 0 fully saturated rings. The highest BCUT2D eigenvalue weighted by Crippen LogP contribution is 2.39. The van der Waals surface area contributed by atoms with Crippen LogP contribution in [0.15, 0.2) is 59.8 Å². The summed E-state index contributed by atoms with van der Waals surface area (Å²) in [6.07, 6.45) is 2.69. The van der Waals surface area contributed by atoms with E-state index in [-0.39, 0.29) is 51.8 Å². The Balaban J connectivity index is 0.00000408. The van der Waals surface area contributed by atoms with E-state index in [1.54, 1.807) is 30.3 Å². The second-order valence-corrected chi connectivity index (χ2v) is 12.0. The molecule has 0 saturated carbocycles. The molecule has 9 heteroatoms. The van der Waals surface area contributed by atoms with Crippen molar-refractivity contribution in [2.45, 2.75) is 63.8 Å². The van der Waals surface area contributed by atoms with Gasteiger partial charge in [0.1, 0.15) is 5.75 Å². The van der Waals surface area contributed by atoms with Crippen molar-refractivity contribution in [3.05, 3.63) is 77.2 Å². The quantitative estimate of drug-likeness (QED) is 0.494. The number of nitrogens with zero attached hydrogens (tertiary/aromatic N) is 2. The number of imidazole rings is 1. The van der Waals surface area contributed by atoms with Crippen molar-refractivity contribution in [2.24, 2.45) is 0 Å². The molecule has 2 aromatic carbocycles. The minimum absolute atomic E-state index is 0. The number of rotatable bonds is 5. The molecule has 184 valence electrons. The fourth-order valence-corrected chi connectivity index (χ4v) is 4.90. The Labute approximate surface area is 207 Å². The zero-order valence-electron chi connectivity index (χ0n) is 20.3. The number of ketones is 1. The number of carbonyl (C=O) groups excluding carboxylic acids is 1. The van der Waals surface area contributed by atoms with Gasteiger partial charge in [-0.25, -0.2) is 12.4 Å². The molecule has 0 unspecified atom stereocenters. The minimum atomic E-state index is -3.94. The van der Waals surface area contributed by atoms with Crippen LogP contribution in [0.3, 0.4) is 0 Å². The predicted octanol–water partition coefficient (Wildman–Crippen LogP) is 4.61. The number of phenols is 1. The Hall–Kier alpha value is -2.84. The first-order valence-corrected chi connectivity index (χ1v) is 12.1. The largest absolute Gasteiger partial charge is 0.507 e. The summed E-state index contributed by atoms with van der Waals surface area (Å²) in [5.41, 5.74) is 0.644. The third-order valence-corrected chi connectivity index (χ3v) is 7.21. The van der Waals surface area contributed by atoms with E-state index in [9.17, 15) is 18.3 Å². The number of phenolic OH excluding ortho intramolecular Hbond substituents is 1. The standard InChI is InChI=1S/C25H31N3O4S.ClH/c1-24(2,3)19-14-17(15-20(22(19)30)25(4,5)6)21(29)16-27-12-13-28(23(27)26)33(31,32)18-10-8-7-9-11-18;/h7-15,26,30H,16H2,1-6H3;1H. The Morgan fingerprint density at radius 1 is 0.941 bits per heavy atom. The van der Waals surface area contributed by atoms with Crippen molar-refractivity contribution in [3.8, 4) is 5.75 Å². The van der Waals surface area contributed by atoms with Crippen LogP contribution in [0.2, 0.25) is 0 Å². The number of halogens is 1. The van der Waals surface area contributed by atoms with Crippen molar-refractivity contribution in [1.29, 1.82) is 5.41 Å². The van der Waals surface area contributed by atoms with E-state index in [4.69, 9.17) is 5.41 Å². The van der Waals surface area contributed by atoms with Crippen molar-refractivity contribution in [3.63, 3.8) is 0 Å². The van der Waals surface area contributed by atoms with Gasteiger partial charge in [0, 0.05) is 29.1 Å². The number of hydrogen-bond donors (Lipinski definition) is 2. The van der Waals surface area contributed by atoms with Gasteiger partial charge in [0.15, 0.2) is 5.78 Å². The van der Waals surface area contributed by atoms with Gasteiger partial charge in [-0.2, -0.15) is 0 Å². The molecular formula is C25H32ClN3O4S. The Bertz CT molecular complexity index is 1320. The summed E-state index contributed by atoms with van der Waals surface area (Å²) in [5.74, 6) is -0.0974. The molecule has 1 heterocycles. The second-order valence-electron chi connectivity index (χ2n) is 10.2. The zero-order valence-corrected chi connectivity index (χ0v) is 21.9. The maximum atomic E-state index is 13.2. The van der Waals surface area contributed by atoms with Gasteiger partial charge in [-0.1, -0.05) is 59.7 Å². The molecule has 0 radical (unpaired) electrons. The van der Waals surface area contributed by atoms with Crippen molar-refractivity contribution in [2.75, 3.05) is 0 Å². The molecule has 7 nitrogen and oxygen atoms in total. The van der Waals surface area contributed by atoms with Crippen molar-refractivity contribution < 1.29 is 18.3 Å². The highest BCUT2D eigenvalue weighted by atomic mass is 35.5. The van der Waals surface area contributed by atoms with Gasteiger partial charge >= 0.3 is 0 Å². The number of hydrogen-bond acceptors (Lipinski definition) is 5. The maximum absolute atomic E-state index is 13.2. The lowest BCUT2D eigenvalue weighted by Crippen LogP contribution is -2.31. The van der Waals surface area contributed by atoms with Crippen LogP contribution in [0.25, 0.3) is 0 Å². The fraction of sp³-hybridized carbons (Fsp3) is 0.360. The van der Waals surface area contributed by atoms with Crippen LogP contribution in [0.1, 0.15) is 63.0 Å². The molecule has 2 N–H and O–H groups in total. The summed E-state index contributed by atoms with van der Waals surface area (Å²) in [5, 5.41) is 19.2. The van der Waals surface area contributed by atoms with Gasteiger partial charge in [0.05, 0.1) is 11.4 Å². The van der Waals surface area contributed by atoms with Crippen LogP contribution in [0.5, 0.6) is 5.75 Å². The highest BCUT2D eigenvalue weighted by Gasteiger charge is 2.28. The molecule has 0 atom stereocenters.